The van der Waals surface area contributed by atoms with Crippen molar-refractivity contribution in [3.8, 4) is 0 Å². The standard InChI is InChI=1S/C12H19N3O/c1-3-7(2)11-14-12(16-15-11)9-6-8-4-5-10(9)13-8/h7-10,13H,3-6H2,1-2H3. The smallest absolute Gasteiger partial charge is 0.231 e. The van der Waals surface area contributed by atoms with Crippen molar-refractivity contribution in [3.05, 3.63) is 11.7 Å². The van der Waals surface area contributed by atoms with Crippen molar-refractivity contribution in [1.82, 2.24) is 15.5 Å². The Morgan fingerprint density at radius 3 is 3.00 bits per heavy atom. The molecule has 4 unspecified atom stereocenters. The number of hydrogen-bond acceptors (Lipinski definition) is 4. The van der Waals surface area contributed by atoms with Crippen molar-refractivity contribution in [1.29, 1.82) is 0 Å². The second kappa shape index (κ2) is 3.84. The average molecular weight is 221 g/mol. The Hall–Kier alpha value is -0.900. The highest BCUT2D eigenvalue weighted by molar-refractivity contribution is 5.10. The highest BCUT2D eigenvalue weighted by Crippen LogP contribution is 2.39. The molecule has 2 bridgehead atoms. The van der Waals surface area contributed by atoms with Gasteiger partial charge in [0, 0.05) is 18.0 Å². The third kappa shape index (κ3) is 1.56. The van der Waals surface area contributed by atoms with Crippen LogP contribution >= 0.6 is 0 Å². The maximum atomic E-state index is 5.42. The van der Waals surface area contributed by atoms with Crippen LogP contribution in [0.15, 0.2) is 4.52 Å². The van der Waals surface area contributed by atoms with E-state index >= 15 is 0 Å². The molecule has 1 aromatic heterocycles. The van der Waals surface area contributed by atoms with Crippen LogP contribution in [0.25, 0.3) is 0 Å². The summed E-state index contributed by atoms with van der Waals surface area (Å²) in [5, 5.41) is 7.70. The van der Waals surface area contributed by atoms with Crippen molar-refractivity contribution in [2.75, 3.05) is 0 Å². The molecule has 0 saturated carbocycles. The van der Waals surface area contributed by atoms with E-state index in [0.717, 1.165) is 18.1 Å². The molecule has 16 heavy (non-hydrogen) atoms. The third-order valence-electron chi connectivity index (χ3n) is 4.13. The van der Waals surface area contributed by atoms with E-state index in [1.807, 2.05) is 0 Å². The van der Waals surface area contributed by atoms with E-state index in [0.29, 0.717) is 23.9 Å². The van der Waals surface area contributed by atoms with Crippen LogP contribution in [-0.4, -0.2) is 22.2 Å². The molecular formula is C12H19N3O. The molecule has 4 nitrogen and oxygen atoms in total. The van der Waals surface area contributed by atoms with E-state index in [2.05, 4.69) is 29.3 Å². The molecule has 0 radical (unpaired) electrons. The molecule has 0 spiro atoms. The molecule has 3 rings (SSSR count). The summed E-state index contributed by atoms with van der Waals surface area (Å²) in [4.78, 5) is 4.56. The maximum absolute atomic E-state index is 5.42. The van der Waals surface area contributed by atoms with Crippen LogP contribution in [0.5, 0.6) is 0 Å². The SMILES string of the molecule is CCC(C)c1noc(C2CC3CCC2N3)n1. The second-order valence-electron chi connectivity index (χ2n) is 5.19. The number of nitrogens with zero attached hydrogens (tertiary/aromatic N) is 2. The molecule has 0 amide bonds. The van der Waals surface area contributed by atoms with Gasteiger partial charge in [-0.3, -0.25) is 0 Å². The molecule has 1 aromatic rings. The zero-order valence-corrected chi connectivity index (χ0v) is 9.94. The highest BCUT2D eigenvalue weighted by Gasteiger charge is 2.42. The van der Waals surface area contributed by atoms with E-state index < -0.39 is 0 Å². The summed E-state index contributed by atoms with van der Waals surface area (Å²) >= 11 is 0. The van der Waals surface area contributed by atoms with E-state index in [1.165, 1.54) is 19.3 Å². The summed E-state index contributed by atoms with van der Waals surface area (Å²) in [6.45, 7) is 4.30. The van der Waals surface area contributed by atoms with Gasteiger partial charge in [-0.15, -0.1) is 0 Å². The Morgan fingerprint density at radius 2 is 2.38 bits per heavy atom. The Kier molecular flexibility index (Phi) is 2.46. The molecule has 4 heteroatoms. The van der Waals surface area contributed by atoms with Crippen LogP contribution in [0, 0.1) is 0 Å². The van der Waals surface area contributed by atoms with Crippen LogP contribution in [-0.2, 0) is 0 Å². The fourth-order valence-electron chi connectivity index (χ4n) is 2.88. The second-order valence-corrected chi connectivity index (χ2v) is 5.19. The Bertz CT molecular complexity index is 376. The van der Waals surface area contributed by atoms with Gasteiger partial charge in [-0.2, -0.15) is 4.98 Å². The number of hydrogen-bond donors (Lipinski definition) is 1. The minimum atomic E-state index is 0.407. The largest absolute Gasteiger partial charge is 0.339 e. The van der Waals surface area contributed by atoms with Gasteiger partial charge in [0.05, 0.1) is 5.92 Å². The third-order valence-corrected chi connectivity index (χ3v) is 4.13. The molecule has 88 valence electrons. The van der Waals surface area contributed by atoms with Crippen LogP contribution < -0.4 is 5.32 Å². The first kappa shape index (κ1) is 10.3. The van der Waals surface area contributed by atoms with Crippen LogP contribution in [0.3, 0.4) is 0 Å². The minimum Gasteiger partial charge on any atom is -0.339 e. The van der Waals surface area contributed by atoms with Gasteiger partial charge in [0.15, 0.2) is 5.82 Å². The summed E-state index contributed by atoms with van der Waals surface area (Å²) < 4.78 is 5.42. The van der Waals surface area contributed by atoms with E-state index in [9.17, 15) is 0 Å². The topological polar surface area (TPSA) is 51.0 Å². The molecule has 2 aliphatic heterocycles. The first-order valence-electron chi connectivity index (χ1n) is 6.37. The molecule has 1 N–H and O–H groups in total. The normalized spacial score (nSPS) is 34.5. The number of rotatable bonds is 3. The Balaban J connectivity index is 1.77. The summed E-state index contributed by atoms with van der Waals surface area (Å²) in [6, 6.07) is 1.27. The summed E-state index contributed by atoms with van der Waals surface area (Å²) in [6.07, 6.45) is 4.81. The minimum absolute atomic E-state index is 0.407. The van der Waals surface area contributed by atoms with Gasteiger partial charge in [0.25, 0.3) is 0 Å². The Labute approximate surface area is 95.8 Å². The Morgan fingerprint density at radius 1 is 1.50 bits per heavy atom. The lowest BCUT2D eigenvalue weighted by Crippen LogP contribution is -2.21. The summed E-state index contributed by atoms with van der Waals surface area (Å²) in [5.74, 6) is 2.60. The molecule has 2 saturated heterocycles. The first-order chi connectivity index (χ1) is 7.78. The molecule has 0 aliphatic carbocycles. The quantitative estimate of drug-likeness (QED) is 0.850. The average Bonchev–Trinajstić information content (AvgIpc) is 3.02. The molecule has 4 atom stereocenters. The van der Waals surface area contributed by atoms with Crippen LogP contribution in [0.4, 0.5) is 0 Å². The monoisotopic (exact) mass is 221 g/mol. The molecule has 0 aromatic carbocycles. The van der Waals surface area contributed by atoms with Crippen LogP contribution in [0.1, 0.15) is 63.1 Å². The summed E-state index contributed by atoms with van der Waals surface area (Å²) in [7, 11) is 0. The maximum Gasteiger partial charge on any atom is 0.231 e. The fourth-order valence-corrected chi connectivity index (χ4v) is 2.88. The van der Waals surface area contributed by atoms with Crippen LogP contribution in [0.2, 0.25) is 0 Å². The van der Waals surface area contributed by atoms with E-state index in [1.54, 1.807) is 0 Å². The first-order valence-corrected chi connectivity index (χ1v) is 6.37. The molecular weight excluding hydrogens is 202 g/mol. The zero-order valence-electron chi connectivity index (χ0n) is 9.94. The van der Waals surface area contributed by atoms with Crippen molar-refractivity contribution >= 4 is 0 Å². The van der Waals surface area contributed by atoms with Crippen molar-refractivity contribution < 1.29 is 4.52 Å². The van der Waals surface area contributed by atoms with Crippen molar-refractivity contribution in [2.24, 2.45) is 0 Å². The highest BCUT2D eigenvalue weighted by atomic mass is 16.5. The van der Waals surface area contributed by atoms with Crippen molar-refractivity contribution in [3.63, 3.8) is 0 Å². The van der Waals surface area contributed by atoms with Crippen molar-refractivity contribution in [2.45, 2.75) is 63.5 Å². The predicted molar refractivity (Wildman–Crippen MR) is 60.3 cm³/mol. The number of fused-ring (bicyclic) bond motifs is 2. The number of aromatic nitrogens is 2. The summed E-state index contributed by atoms with van der Waals surface area (Å²) in [5.41, 5.74) is 0. The van der Waals surface area contributed by atoms with E-state index in [-0.39, 0.29) is 0 Å². The predicted octanol–water partition coefficient (Wildman–Crippen LogP) is 2.19. The van der Waals surface area contributed by atoms with Gasteiger partial charge in [0.1, 0.15) is 0 Å². The van der Waals surface area contributed by atoms with Gasteiger partial charge >= 0.3 is 0 Å². The van der Waals surface area contributed by atoms with Gasteiger partial charge in [-0.1, -0.05) is 19.0 Å². The molecule has 2 fully saturated rings. The zero-order chi connectivity index (χ0) is 11.1. The lowest BCUT2D eigenvalue weighted by atomic mass is 9.89. The molecule has 3 heterocycles. The number of nitrogens with one attached hydrogen (secondary N) is 1. The van der Waals surface area contributed by atoms with Gasteiger partial charge in [-0.25, -0.2) is 0 Å². The van der Waals surface area contributed by atoms with Gasteiger partial charge in [-0.05, 0) is 25.7 Å². The lowest BCUT2D eigenvalue weighted by molar-refractivity contribution is 0.325. The fraction of sp³-hybridized carbons (Fsp3) is 0.833. The van der Waals surface area contributed by atoms with Gasteiger partial charge < -0.3 is 9.84 Å². The lowest BCUT2D eigenvalue weighted by Gasteiger charge is -2.15. The van der Waals surface area contributed by atoms with Gasteiger partial charge in [0.2, 0.25) is 5.89 Å². The van der Waals surface area contributed by atoms with E-state index in [4.69, 9.17) is 4.52 Å². The molecule has 2 aliphatic rings.